The van der Waals surface area contributed by atoms with Crippen LogP contribution in [0, 0.1) is 0 Å². The summed E-state index contributed by atoms with van der Waals surface area (Å²) in [5.41, 5.74) is 5.37. The number of phenolic OH excluding ortho intramolecular Hbond substituents is 1. The first-order valence-corrected chi connectivity index (χ1v) is 7.07. The smallest absolute Gasteiger partial charge is 0.387 e. The lowest BCUT2D eigenvalue weighted by atomic mass is 10.2. The van der Waals surface area contributed by atoms with E-state index in [9.17, 15) is 18.7 Å². The minimum atomic E-state index is -2.89. The molecule has 0 atom stereocenters. The molecular formula is C15H13F2N3O3S. The van der Waals surface area contributed by atoms with Crippen molar-refractivity contribution in [2.75, 3.05) is 5.32 Å². The number of ether oxygens (including phenoxy) is 1. The Bertz CT molecular complexity index is 726. The molecule has 0 spiro atoms. The van der Waals surface area contributed by atoms with E-state index in [1.807, 2.05) is 0 Å². The summed E-state index contributed by atoms with van der Waals surface area (Å²) < 4.78 is 28.3. The molecule has 2 aromatic carbocycles. The molecular weight excluding hydrogens is 340 g/mol. The lowest BCUT2D eigenvalue weighted by Gasteiger charge is -2.12. The first kappa shape index (κ1) is 17.4. The predicted octanol–water partition coefficient (Wildman–Crippen LogP) is 2.63. The van der Waals surface area contributed by atoms with E-state index < -0.39 is 12.5 Å². The van der Waals surface area contributed by atoms with Crippen LogP contribution in [0.3, 0.4) is 0 Å². The molecule has 0 radical (unpaired) electrons. The van der Waals surface area contributed by atoms with Gasteiger partial charge in [0.1, 0.15) is 11.5 Å². The highest BCUT2D eigenvalue weighted by Crippen LogP contribution is 2.17. The molecule has 0 aliphatic rings. The van der Waals surface area contributed by atoms with Crippen LogP contribution in [0.4, 0.5) is 14.5 Å². The lowest BCUT2D eigenvalue weighted by Crippen LogP contribution is -2.43. The number of halogens is 2. The lowest BCUT2D eigenvalue weighted by molar-refractivity contribution is -0.0498. The third-order valence-corrected chi connectivity index (χ3v) is 2.98. The first-order chi connectivity index (χ1) is 11.5. The summed E-state index contributed by atoms with van der Waals surface area (Å²) in [6, 6.07) is 11.7. The molecule has 126 valence electrons. The molecule has 2 aromatic rings. The summed E-state index contributed by atoms with van der Waals surface area (Å²) in [7, 11) is 0. The molecule has 0 aliphatic carbocycles. The van der Waals surface area contributed by atoms with Gasteiger partial charge in [0.25, 0.3) is 5.91 Å². The number of aromatic hydroxyl groups is 1. The van der Waals surface area contributed by atoms with E-state index in [0.29, 0.717) is 5.69 Å². The number of nitrogens with one attached hydrogen (secondary N) is 3. The van der Waals surface area contributed by atoms with Crippen LogP contribution in [0.2, 0.25) is 0 Å². The highest BCUT2D eigenvalue weighted by atomic mass is 32.1. The Hall–Kier alpha value is -2.94. The van der Waals surface area contributed by atoms with Gasteiger partial charge in [-0.1, -0.05) is 12.1 Å². The average Bonchev–Trinajstić information content (AvgIpc) is 2.54. The normalized spacial score (nSPS) is 10.1. The van der Waals surface area contributed by atoms with E-state index in [1.54, 1.807) is 12.1 Å². The van der Waals surface area contributed by atoms with Crippen LogP contribution in [0.1, 0.15) is 10.4 Å². The number of phenols is 1. The molecule has 2 rings (SSSR count). The summed E-state index contributed by atoms with van der Waals surface area (Å²) in [5, 5.41) is 12.4. The molecule has 0 saturated carbocycles. The molecule has 0 aromatic heterocycles. The van der Waals surface area contributed by atoms with Crippen molar-refractivity contribution in [1.29, 1.82) is 0 Å². The van der Waals surface area contributed by atoms with Crippen molar-refractivity contribution in [1.82, 2.24) is 10.9 Å². The highest BCUT2D eigenvalue weighted by molar-refractivity contribution is 7.80. The Morgan fingerprint density at radius 1 is 1.08 bits per heavy atom. The van der Waals surface area contributed by atoms with Gasteiger partial charge in [-0.05, 0) is 48.6 Å². The first-order valence-electron chi connectivity index (χ1n) is 6.66. The number of rotatable bonds is 4. The fraction of sp³-hybridized carbons (Fsp3) is 0.0667. The SMILES string of the molecule is O=C(NNC(=S)Nc1ccc(OC(F)F)cc1)c1ccccc1O. The molecule has 0 fully saturated rings. The number of carbonyl (C=O) groups is 1. The number of hydrogen-bond donors (Lipinski definition) is 4. The van der Waals surface area contributed by atoms with Gasteiger partial charge in [-0.25, -0.2) is 0 Å². The van der Waals surface area contributed by atoms with Crippen LogP contribution in [0.25, 0.3) is 0 Å². The number of hydrazine groups is 1. The zero-order valence-electron chi connectivity index (χ0n) is 12.1. The van der Waals surface area contributed by atoms with Gasteiger partial charge in [0.05, 0.1) is 5.56 Å². The van der Waals surface area contributed by atoms with Crippen LogP contribution in [0.5, 0.6) is 11.5 Å². The van der Waals surface area contributed by atoms with Gasteiger partial charge in [0.15, 0.2) is 5.11 Å². The Balaban J connectivity index is 1.85. The number of para-hydroxylation sites is 1. The van der Waals surface area contributed by atoms with Gasteiger partial charge in [-0.15, -0.1) is 0 Å². The maximum atomic E-state index is 12.0. The van der Waals surface area contributed by atoms with Crippen molar-refractivity contribution in [3.8, 4) is 11.5 Å². The van der Waals surface area contributed by atoms with Crippen molar-refractivity contribution in [2.24, 2.45) is 0 Å². The number of carbonyl (C=O) groups excluding carboxylic acids is 1. The van der Waals surface area contributed by atoms with Crippen LogP contribution in [-0.4, -0.2) is 22.7 Å². The number of hydrogen-bond acceptors (Lipinski definition) is 4. The van der Waals surface area contributed by atoms with Crippen molar-refractivity contribution in [3.63, 3.8) is 0 Å². The number of alkyl halides is 2. The quantitative estimate of drug-likeness (QED) is 0.500. The molecule has 6 nitrogen and oxygen atoms in total. The largest absolute Gasteiger partial charge is 0.507 e. The Morgan fingerprint density at radius 2 is 1.75 bits per heavy atom. The molecule has 9 heteroatoms. The van der Waals surface area contributed by atoms with Crippen molar-refractivity contribution < 1.29 is 23.4 Å². The van der Waals surface area contributed by atoms with Crippen molar-refractivity contribution in [3.05, 3.63) is 54.1 Å². The topological polar surface area (TPSA) is 82.6 Å². The second kappa shape index (κ2) is 8.06. The van der Waals surface area contributed by atoms with E-state index in [4.69, 9.17) is 12.2 Å². The second-order valence-electron chi connectivity index (χ2n) is 4.45. The standard InChI is InChI=1S/C15H13F2N3O3S/c16-14(17)23-10-7-5-9(6-8-10)18-15(24)20-19-13(22)11-3-1-2-4-12(11)21/h1-8,14,21H,(H,19,22)(H2,18,20,24). The van der Waals surface area contributed by atoms with Gasteiger partial charge < -0.3 is 15.2 Å². The molecule has 0 saturated heterocycles. The summed E-state index contributed by atoms with van der Waals surface area (Å²) >= 11 is 4.99. The van der Waals surface area contributed by atoms with E-state index >= 15 is 0 Å². The highest BCUT2D eigenvalue weighted by Gasteiger charge is 2.10. The monoisotopic (exact) mass is 353 g/mol. The fourth-order valence-electron chi connectivity index (χ4n) is 1.73. The molecule has 1 amide bonds. The maximum absolute atomic E-state index is 12.0. The molecule has 0 aliphatic heterocycles. The van der Waals surface area contributed by atoms with Crippen LogP contribution in [-0.2, 0) is 0 Å². The molecule has 0 unspecified atom stereocenters. The summed E-state index contributed by atoms with van der Waals surface area (Å²) in [4.78, 5) is 11.9. The van der Waals surface area contributed by atoms with Gasteiger partial charge in [-0.2, -0.15) is 8.78 Å². The third-order valence-electron chi connectivity index (χ3n) is 2.78. The van der Waals surface area contributed by atoms with E-state index in [-0.39, 0.29) is 22.2 Å². The second-order valence-corrected chi connectivity index (χ2v) is 4.86. The van der Waals surface area contributed by atoms with E-state index in [2.05, 4.69) is 20.9 Å². The Labute approximate surface area is 141 Å². The maximum Gasteiger partial charge on any atom is 0.387 e. The summed E-state index contributed by atoms with van der Waals surface area (Å²) in [6.45, 7) is -2.89. The van der Waals surface area contributed by atoms with E-state index in [0.717, 1.165) is 0 Å². The molecule has 4 N–H and O–H groups in total. The zero-order chi connectivity index (χ0) is 17.5. The van der Waals surface area contributed by atoms with Crippen LogP contribution in [0.15, 0.2) is 48.5 Å². The summed E-state index contributed by atoms with van der Waals surface area (Å²) in [6.07, 6.45) is 0. The van der Waals surface area contributed by atoms with E-state index in [1.165, 1.54) is 36.4 Å². The number of amides is 1. The third kappa shape index (κ3) is 5.06. The Morgan fingerprint density at radius 3 is 2.38 bits per heavy atom. The summed E-state index contributed by atoms with van der Waals surface area (Å²) in [5.74, 6) is -0.717. The minimum Gasteiger partial charge on any atom is -0.507 e. The van der Waals surface area contributed by atoms with Gasteiger partial charge in [0.2, 0.25) is 0 Å². The van der Waals surface area contributed by atoms with Gasteiger partial charge in [0, 0.05) is 5.69 Å². The van der Waals surface area contributed by atoms with Gasteiger partial charge >= 0.3 is 6.61 Å². The van der Waals surface area contributed by atoms with Gasteiger partial charge in [-0.3, -0.25) is 15.6 Å². The minimum absolute atomic E-state index is 0.0160. The number of benzene rings is 2. The average molecular weight is 353 g/mol. The number of anilines is 1. The molecule has 0 heterocycles. The fourth-order valence-corrected chi connectivity index (χ4v) is 1.90. The van der Waals surface area contributed by atoms with Crippen molar-refractivity contribution in [2.45, 2.75) is 6.61 Å². The van der Waals surface area contributed by atoms with Crippen molar-refractivity contribution >= 4 is 28.9 Å². The van der Waals surface area contributed by atoms with Crippen LogP contribution < -0.4 is 20.9 Å². The Kier molecular flexibility index (Phi) is 5.85. The number of thiocarbonyl (C=S) groups is 1. The zero-order valence-corrected chi connectivity index (χ0v) is 12.9. The molecule has 24 heavy (non-hydrogen) atoms. The predicted molar refractivity (Wildman–Crippen MR) is 88.0 cm³/mol. The van der Waals surface area contributed by atoms with Crippen LogP contribution >= 0.6 is 12.2 Å². The molecule has 0 bridgehead atoms.